The number of alkyl halides is 3. The molecule has 1 aromatic rings. The third-order valence-electron chi connectivity index (χ3n) is 4.57. The molecule has 1 spiro atoms. The zero-order chi connectivity index (χ0) is 18.5. The minimum atomic E-state index is -5.54. The van der Waals surface area contributed by atoms with E-state index >= 15 is 0 Å². The van der Waals surface area contributed by atoms with Gasteiger partial charge in [0.25, 0.3) is 0 Å². The third kappa shape index (κ3) is 2.87. The zero-order valence-electron chi connectivity index (χ0n) is 12.7. The van der Waals surface area contributed by atoms with Gasteiger partial charge in [-0.2, -0.15) is 17.5 Å². The van der Waals surface area contributed by atoms with Gasteiger partial charge in [-0.3, -0.25) is 0 Å². The molecule has 2 saturated heterocycles. The fourth-order valence-corrected chi connectivity index (χ4v) is 6.77. The molecule has 0 N–H and O–H groups in total. The molecule has 2 aliphatic rings. The molecule has 0 radical (unpaired) electrons. The van der Waals surface area contributed by atoms with Crippen molar-refractivity contribution >= 4 is 19.9 Å². The second kappa shape index (κ2) is 5.77. The summed E-state index contributed by atoms with van der Waals surface area (Å²) in [5, 5.41) is 0. The van der Waals surface area contributed by atoms with Crippen LogP contribution in [0.5, 0.6) is 6.01 Å². The molecule has 0 amide bonds. The number of sulfone groups is 1. The van der Waals surface area contributed by atoms with Crippen LogP contribution in [0.3, 0.4) is 0 Å². The van der Waals surface area contributed by atoms with Crippen molar-refractivity contribution in [3.8, 4) is 6.01 Å². The molecule has 0 saturated carbocycles. The molecule has 0 aliphatic carbocycles. The first-order valence-corrected chi connectivity index (χ1v) is 10.3. The predicted octanol–water partition coefficient (Wildman–Crippen LogP) is 0.194. The fraction of sp³-hybridized carbons (Fsp3) is 0.667. The normalized spacial score (nSPS) is 25.6. The van der Waals surface area contributed by atoms with Gasteiger partial charge in [-0.05, 0) is 12.5 Å². The Kier molecular flexibility index (Phi) is 4.23. The summed E-state index contributed by atoms with van der Waals surface area (Å²) in [4.78, 5) is 7.63. The van der Waals surface area contributed by atoms with Crippen molar-refractivity contribution in [3.63, 3.8) is 0 Å². The van der Waals surface area contributed by atoms with E-state index < -0.39 is 49.1 Å². The first kappa shape index (κ1) is 18.3. The highest BCUT2D eigenvalue weighted by Gasteiger charge is 2.67. The molecule has 13 heteroatoms. The maximum absolute atomic E-state index is 12.6. The van der Waals surface area contributed by atoms with Gasteiger partial charge in [0.2, 0.25) is 0 Å². The number of hydrogen-bond acceptors (Lipinski definition) is 7. The Morgan fingerprint density at radius 2 is 1.88 bits per heavy atom. The lowest BCUT2D eigenvalue weighted by Crippen LogP contribution is -2.70. The average molecular weight is 401 g/mol. The molecular formula is C12H14F3N3O5S2. The topological polar surface area (TPSA) is 107 Å². The minimum Gasteiger partial charge on any atom is -0.463 e. The number of nitrogens with zero attached hydrogens (tertiary/aromatic N) is 3. The van der Waals surface area contributed by atoms with E-state index in [-0.39, 0.29) is 29.1 Å². The van der Waals surface area contributed by atoms with E-state index in [1.165, 1.54) is 12.4 Å². The van der Waals surface area contributed by atoms with Gasteiger partial charge in [-0.25, -0.2) is 26.8 Å². The van der Waals surface area contributed by atoms with Crippen LogP contribution in [0.4, 0.5) is 13.2 Å². The summed E-state index contributed by atoms with van der Waals surface area (Å²) in [5.74, 6) is -0.864. The molecule has 0 aromatic carbocycles. The highest BCUT2D eigenvalue weighted by atomic mass is 32.2. The predicted molar refractivity (Wildman–Crippen MR) is 78.7 cm³/mol. The lowest BCUT2D eigenvalue weighted by atomic mass is 9.85. The van der Waals surface area contributed by atoms with Crippen LogP contribution >= 0.6 is 0 Å². The second-order valence-electron chi connectivity index (χ2n) is 5.93. The zero-order valence-corrected chi connectivity index (χ0v) is 14.3. The van der Waals surface area contributed by atoms with Crippen LogP contribution in [-0.2, 0) is 19.9 Å². The maximum Gasteiger partial charge on any atom is 0.511 e. The molecule has 1 aromatic heterocycles. The van der Waals surface area contributed by atoms with E-state index in [1.54, 1.807) is 6.07 Å². The van der Waals surface area contributed by atoms with Crippen LogP contribution in [0.25, 0.3) is 0 Å². The highest BCUT2D eigenvalue weighted by molar-refractivity contribution is 7.93. The van der Waals surface area contributed by atoms with Crippen LogP contribution in [0, 0.1) is 5.92 Å². The Balaban J connectivity index is 1.77. The van der Waals surface area contributed by atoms with Crippen LogP contribution in [0.1, 0.15) is 6.42 Å². The molecule has 1 atom stereocenters. The summed E-state index contributed by atoms with van der Waals surface area (Å²) in [7, 11) is -9.28. The highest BCUT2D eigenvalue weighted by Crippen LogP contribution is 2.47. The molecule has 3 heterocycles. The molecule has 3 rings (SSSR count). The number of aromatic nitrogens is 2. The van der Waals surface area contributed by atoms with E-state index in [9.17, 15) is 30.0 Å². The van der Waals surface area contributed by atoms with Crippen LogP contribution < -0.4 is 4.74 Å². The van der Waals surface area contributed by atoms with Crippen molar-refractivity contribution in [1.82, 2.24) is 14.3 Å². The minimum absolute atomic E-state index is 0.0149. The molecule has 0 unspecified atom stereocenters. The molecule has 2 fully saturated rings. The quantitative estimate of drug-likeness (QED) is 0.709. The number of sulfonamides is 1. The summed E-state index contributed by atoms with van der Waals surface area (Å²) in [5.41, 5.74) is -5.46. The first-order chi connectivity index (χ1) is 11.5. The summed E-state index contributed by atoms with van der Waals surface area (Å²) in [6.07, 6.45) is 3.02. The summed E-state index contributed by atoms with van der Waals surface area (Å²) in [6.45, 7) is -1.56. The number of hydrogen-bond donors (Lipinski definition) is 0. The monoisotopic (exact) mass is 401 g/mol. The van der Waals surface area contributed by atoms with E-state index in [1.807, 2.05) is 0 Å². The van der Waals surface area contributed by atoms with Gasteiger partial charge in [-0.15, -0.1) is 0 Å². The van der Waals surface area contributed by atoms with Gasteiger partial charge in [-0.1, -0.05) is 0 Å². The van der Waals surface area contributed by atoms with Gasteiger partial charge in [0.05, 0.1) is 12.4 Å². The smallest absolute Gasteiger partial charge is 0.463 e. The fourth-order valence-electron chi connectivity index (χ4n) is 3.11. The van der Waals surface area contributed by atoms with Gasteiger partial charge in [0, 0.05) is 31.4 Å². The van der Waals surface area contributed by atoms with Crippen molar-refractivity contribution in [2.24, 2.45) is 5.92 Å². The Morgan fingerprint density at radius 3 is 2.44 bits per heavy atom. The van der Waals surface area contributed by atoms with E-state index in [4.69, 9.17) is 4.74 Å². The number of rotatable bonds is 4. The van der Waals surface area contributed by atoms with Gasteiger partial charge >= 0.3 is 21.5 Å². The molecule has 0 bridgehead atoms. The standard InChI is InChI=1S/C12H14F3N3O5S2/c13-12(14,15)25(21,22)18-7-11(8-18)9(2-5-24(11,19)20)6-23-10-16-3-1-4-17-10/h1,3-4,9H,2,5-8H2/t9-/m0/s1. The van der Waals surface area contributed by atoms with Crippen LogP contribution in [0.2, 0.25) is 0 Å². The van der Waals surface area contributed by atoms with Crippen molar-refractivity contribution < 1.29 is 34.7 Å². The SMILES string of the molecule is O=S1(=O)CC[C@@H](COc2ncccn2)C12CN(S(=O)(=O)C(F)(F)F)C2. The van der Waals surface area contributed by atoms with E-state index in [0.717, 1.165) is 0 Å². The van der Waals surface area contributed by atoms with Crippen LogP contribution in [-0.4, -0.2) is 66.8 Å². The Hall–Kier alpha value is -1.47. The second-order valence-corrected chi connectivity index (χ2v) is 10.3. The Morgan fingerprint density at radius 1 is 1.28 bits per heavy atom. The van der Waals surface area contributed by atoms with E-state index in [0.29, 0.717) is 0 Å². The van der Waals surface area contributed by atoms with Crippen molar-refractivity contribution in [1.29, 1.82) is 0 Å². The number of ether oxygens (including phenoxy) is 1. The summed E-state index contributed by atoms with van der Waals surface area (Å²) < 4.78 is 89.3. The molecule has 8 nitrogen and oxygen atoms in total. The summed E-state index contributed by atoms with van der Waals surface area (Å²) >= 11 is 0. The Labute approximate surface area is 142 Å². The molecule has 2 aliphatic heterocycles. The van der Waals surface area contributed by atoms with Crippen molar-refractivity contribution in [2.75, 3.05) is 25.4 Å². The average Bonchev–Trinajstić information content (AvgIpc) is 2.74. The summed E-state index contributed by atoms with van der Waals surface area (Å²) in [6, 6.07) is 1.57. The molecular weight excluding hydrogens is 387 g/mol. The van der Waals surface area contributed by atoms with Gasteiger partial charge < -0.3 is 4.74 Å². The third-order valence-corrected chi connectivity index (χ3v) is 8.70. The lowest BCUT2D eigenvalue weighted by molar-refractivity contribution is -0.0527. The van der Waals surface area contributed by atoms with Crippen molar-refractivity contribution in [2.45, 2.75) is 16.7 Å². The first-order valence-electron chi connectivity index (χ1n) is 7.18. The van der Waals surface area contributed by atoms with E-state index in [2.05, 4.69) is 9.97 Å². The largest absolute Gasteiger partial charge is 0.511 e. The van der Waals surface area contributed by atoms with Crippen LogP contribution in [0.15, 0.2) is 18.5 Å². The number of halogens is 3. The van der Waals surface area contributed by atoms with Gasteiger partial charge in [0.1, 0.15) is 4.75 Å². The molecule has 25 heavy (non-hydrogen) atoms. The lowest BCUT2D eigenvalue weighted by Gasteiger charge is -2.48. The van der Waals surface area contributed by atoms with Crippen molar-refractivity contribution in [3.05, 3.63) is 18.5 Å². The Bertz CT molecular complexity index is 852. The van der Waals surface area contributed by atoms with Gasteiger partial charge in [0.15, 0.2) is 9.84 Å². The maximum atomic E-state index is 12.6. The molecule has 140 valence electrons.